The first kappa shape index (κ1) is 14.2. The largest absolute Gasteiger partial charge is 0.492 e. The summed E-state index contributed by atoms with van der Waals surface area (Å²) in [5, 5.41) is 3.42. The van der Waals surface area contributed by atoms with Crippen molar-refractivity contribution in [3.05, 3.63) is 28.8 Å². The highest BCUT2D eigenvalue weighted by atomic mass is 35.5. The molecule has 3 rings (SSSR count). The highest BCUT2D eigenvalue weighted by Crippen LogP contribution is 2.30. The van der Waals surface area contributed by atoms with Gasteiger partial charge in [-0.05, 0) is 30.2 Å². The van der Waals surface area contributed by atoms with Crippen LogP contribution in [0.1, 0.15) is 12.0 Å². The van der Waals surface area contributed by atoms with Gasteiger partial charge < -0.3 is 15.0 Å². The van der Waals surface area contributed by atoms with E-state index in [2.05, 4.69) is 5.32 Å². The number of carbonyl (C=O) groups excluding carboxylic acids is 2. The molecule has 0 aromatic heterocycles. The van der Waals surface area contributed by atoms with Crippen LogP contribution in [0.25, 0.3) is 0 Å². The standard InChI is InChI=1S/C15H17ClN2O3/c16-12-1-2-13-10(8-12)7-11(9-21-13)15(20)18-5-3-14(19)17-4-6-18/h1-2,8,11H,3-7,9H2,(H,17,19). The van der Waals surface area contributed by atoms with E-state index in [1.807, 2.05) is 12.1 Å². The van der Waals surface area contributed by atoms with Gasteiger partial charge >= 0.3 is 0 Å². The van der Waals surface area contributed by atoms with Gasteiger partial charge in [0, 0.05) is 31.1 Å². The summed E-state index contributed by atoms with van der Waals surface area (Å²) in [6, 6.07) is 5.48. The van der Waals surface area contributed by atoms with E-state index in [0.29, 0.717) is 44.1 Å². The van der Waals surface area contributed by atoms with Crippen LogP contribution in [-0.2, 0) is 16.0 Å². The lowest BCUT2D eigenvalue weighted by atomic mass is 9.95. The number of rotatable bonds is 1. The lowest BCUT2D eigenvalue weighted by Gasteiger charge is -2.29. The number of nitrogens with zero attached hydrogens (tertiary/aromatic N) is 1. The van der Waals surface area contributed by atoms with Gasteiger partial charge in [0.1, 0.15) is 12.4 Å². The van der Waals surface area contributed by atoms with Gasteiger partial charge in [0.25, 0.3) is 0 Å². The highest BCUT2D eigenvalue weighted by molar-refractivity contribution is 6.30. The second-order valence-electron chi connectivity index (χ2n) is 5.39. The molecule has 5 nitrogen and oxygen atoms in total. The molecule has 1 atom stereocenters. The zero-order valence-electron chi connectivity index (χ0n) is 11.6. The van der Waals surface area contributed by atoms with Crippen molar-refractivity contribution >= 4 is 23.4 Å². The Morgan fingerprint density at radius 1 is 1.38 bits per heavy atom. The Bertz CT molecular complexity index is 576. The van der Waals surface area contributed by atoms with Crippen molar-refractivity contribution in [3.63, 3.8) is 0 Å². The number of benzene rings is 1. The smallest absolute Gasteiger partial charge is 0.229 e. The number of nitrogens with one attached hydrogen (secondary N) is 1. The first-order chi connectivity index (χ1) is 10.1. The third kappa shape index (κ3) is 3.13. The number of hydrogen-bond donors (Lipinski definition) is 1. The van der Waals surface area contributed by atoms with Crippen LogP contribution in [0.3, 0.4) is 0 Å². The minimum atomic E-state index is -0.204. The number of hydrogen-bond acceptors (Lipinski definition) is 3. The lowest BCUT2D eigenvalue weighted by molar-refractivity contribution is -0.136. The molecule has 1 unspecified atom stereocenters. The molecule has 0 radical (unpaired) electrons. The van der Waals surface area contributed by atoms with E-state index in [0.717, 1.165) is 11.3 Å². The van der Waals surface area contributed by atoms with Crippen molar-refractivity contribution in [2.45, 2.75) is 12.8 Å². The SMILES string of the molecule is O=C1CCN(C(=O)C2COc3ccc(Cl)cc3C2)CCN1. The summed E-state index contributed by atoms with van der Waals surface area (Å²) in [5.74, 6) is 0.653. The molecule has 2 amide bonds. The van der Waals surface area contributed by atoms with Gasteiger partial charge in [-0.1, -0.05) is 11.6 Å². The molecule has 1 N–H and O–H groups in total. The number of fused-ring (bicyclic) bond motifs is 1. The van der Waals surface area contributed by atoms with E-state index < -0.39 is 0 Å². The van der Waals surface area contributed by atoms with Crippen molar-refractivity contribution < 1.29 is 14.3 Å². The number of amides is 2. The fourth-order valence-corrected chi connectivity index (χ4v) is 2.96. The Balaban J connectivity index is 1.70. The molecule has 112 valence electrons. The van der Waals surface area contributed by atoms with Crippen molar-refractivity contribution in [1.29, 1.82) is 0 Å². The van der Waals surface area contributed by atoms with E-state index in [4.69, 9.17) is 16.3 Å². The maximum Gasteiger partial charge on any atom is 0.229 e. The van der Waals surface area contributed by atoms with E-state index in [1.54, 1.807) is 11.0 Å². The summed E-state index contributed by atoms with van der Waals surface area (Å²) >= 11 is 5.99. The quantitative estimate of drug-likeness (QED) is 0.849. The van der Waals surface area contributed by atoms with Crippen LogP contribution in [0.5, 0.6) is 5.75 Å². The average Bonchev–Trinajstić information content (AvgIpc) is 2.70. The zero-order valence-corrected chi connectivity index (χ0v) is 12.4. The van der Waals surface area contributed by atoms with E-state index in [-0.39, 0.29) is 17.7 Å². The fourth-order valence-electron chi connectivity index (χ4n) is 2.77. The summed E-state index contributed by atoms with van der Waals surface area (Å²) in [4.78, 5) is 25.7. The van der Waals surface area contributed by atoms with Gasteiger partial charge in [-0.2, -0.15) is 0 Å². The normalized spacial score (nSPS) is 21.9. The third-order valence-electron chi connectivity index (χ3n) is 3.90. The Hall–Kier alpha value is -1.75. The number of ether oxygens (including phenoxy) is 1. The van der Waals surface area contributed by atoms with Crippen molar-refractivity contribution in [1.82, 2.24) is 10.2 Å². The predicted molar refractivity (Wildman–Crippen MR) is 78.3 cm³/mol. The summed E-state index contributed by atoms with van der Waals surface area (Å²) in [6.07, 6.45) is 0.994. The Kier molecular flexibility index (Phi) is 4.01. The molecule has 6 heteroatoms. The van der Waals surface area contributed by atoms with Crippen molar-refractivity contribution in [2.75, 3.05) is 26.2 Å². The second-order valence-corrected chi connectivity index (χ2v) is 5.83. The number of carbonyl (C=O) groups is 2. The maximum absolute atomic E-state index is 12.6. The Morgan fingerprint density at radius 2 is 2.24 bits per heavy atom. The summed E-state index contributed by atoms with van der Waals surface area (Å²) in [7, 11) is 0. The molecule has 2 aliphatic rings. The minimum absolute atomic E-state index is 0.00215. The summed E-state index contributed by atoms with van der Waals surface area (Å²) in [6.45, 7) is 1.93. The topological polar surface area (TPSA) is 58.6 Å². The van der Waals surface area contributed by atoms with Gasteiger partial charge in [0.2, 0.25) is 11.8 Å². The van der Waals surface area contributed by atoms with Crippen LogP contribution >= 0.6 is 11.6 Å². The molecule has 0 aliphatic carbocycles. The molecule has 0 saturated carbocycles. The van der Waals surface area contributed by atoms with E-state index >= 15 is 0 Å². The van der Waals surface area contributed by atoms with Crippen LogP contribution in [0, 0.1) is 5.92 Å². The van der Waals surface area contributed by atoms with E-state index in [1.165, 1.54) is 0 Å². The molecule has 0 bridgehead atoms. The van der Waals surface area contributed by atoms with Crippen molar-refractivity contribution in [3.8, 4) is 5.75 Å². The molecule has 1 aromatic carbocycles. The second kappa shape index (κ2) is 5.93. The van der Waals surface area contributed by atoms with Crippen LogP contribution in [0.4, 0.5) is 0 Å². The fraction of sp³-hybridized carbons (Fsp3) is 0.467. The van der Waals surface area contributed by atoms with Crippen LogP contribution in [0.15, 0.2) is 18.2 Å². The molecule has 2 heterocycles. The molecular weight excluding hydrogens is 292 g/mol. The first-order valence-electron chi connectivity index (χ1n) is 7.10. The van der Waals surface area contributed by atoms with Gasteiger partial charge in [-0.25, -0.2) is 0 Å². The Labute approximate surface area is 128 Å². The van der Waals surface area contributed by atoms with Crippen LogP contribution < -0.4 is 10.1 Å². The molecule has 2 aliphatic heterocycles. The molecule has 1 aromatic rings. The molecule has 1 saturated heterocycles. The molecule has 0 spiro atoms. The lowest BCUT2D eigenvalue weighted by Crippen LogP contribution is -2.42. The number of halogens is 1. The van der Waals surface area contributed by atoms with Crippen LogP contribution in [-0.4, -0.2) is 43.0 Å². The van der Waals surface area contributed by atoms with Gasteiger partial charge in [0.15, 0.2) is 0 Å². The maximum atomic E-state index is 12.6. The van der Waals surface area contributed by atoms with Gasteiger partial charge in [0.05, 0.1) is 5.92 Å². The molecule has 1 fully saturated rings. The summed E-state index contributed by atoms with van der Waals surface area (Å²) in [5.41, 5.74) is 0.969. The van der Waals surface area contributed by atoms with Crippen molar-refractivity contribution in [2.24, 2.45) is 5.92 Å². The third-order valence-corrected chi connectivity index (χ3v) is 4.14. The first-order valence-corrected chi connectivity index (χ1v) is 7.48. The average molecular weight is 309 g/mol. The van der Waals surface area contributed by atoms with E-state index in [9.17, 15) is 9.59 Å². The minimum Gasteiger partial charge on any atom is -0.492 e. The van der Waals surface area contributed by atoms with Crippen LogP contribution in [0.2, 0.25) is 5.02 Å². The van der Waals surface area contributed by atoms with Gasteiger partial charge in [-0.15, -0.1) is 0 Å². The predicted octanol–water partition coefficient (Wildman–Crippen LogP) is 1.24. The monoisotopic (exact) mass is 308 g/mol. The summed E-state index contributed by atoms with van der Waals surface area (Å²) < 4.78 is 5.67. The van der Waals surface area contributed by atoms with Gasteiger partial charge in [-0.3, -0.25) is 9.59 Å². The molecular formula is C15H17ClN2O3. The highest BCUT2D eigenvalue weighted by Gasteiger charge is 2.30. The molecule has 21 heavy (non-hydrogen) atoms. The Morgan fingerprint density at radius 3 is 3.10 bits per heavy atom. The zero-order chi connectivity index (χ0) is 14.8.